The number of carbonyl (C=O) groups is 1. The molecular weight excluding hydrogens is 550 g/mol. The summed E-state index contributed by atoms with van der Waals surface area (Å²) in [6.45, 7) is 3.96. The molecule has 9 nitrogen and oxygen atoms in total. The SMILES string of the molecule is CCOc1ccc(Cl)cc1S(=O)(=O)N1CCCC(C(=O)NCCc2ccc(S(=O)(=O)N3CCCC3)cc2)C1. The van der Waals surface area contributed by atoms with Gasteiger partial charge in [-0.25, -0.2) is 16.8 Å². The molecule has 208 valence electrons. The van der Waals surface area contributed by atoms with Crippen molar-refractivity contribution in [3.63, 3.8) is 0 Å². The number of hydrogen-bond donors (Lipinski definition) is 1. The molecular formula is C26H34ClN3O6S2. The van der Waals surface area contributed by atoms with Gasteiger partial charge in [0.05, 0.1) is 17.4 Å². The number of nitrogens with one attached hydrogen (secondary N) is 1. The summed E-state index contributed by atoms with van der Waals surface area (Å²) in [5.41, 5.74) is 0.905. The molecule has 38 heavy (non-hydrogen) atoms. The minimum absolute atomic E-state index is 0.00287. The van der Waals surface area contributed by atoms with E-state index in [0.717, 1.165) is 18.4 Å². The maximum absolute atomic E-state index is 13.4. The van der Waals surface area contributed by atoms with Gasteiger partial charge in [-0.05, 0) is 74.9 Å². The van der Waals surface area contributed by atoms with Gasteiger partial charge in [0.1, 0.15) is 10.6 Å². The van der Waals surface area contributed by atoms with E-state index in [0.29, 0.717) is 57.1 Å². The highest BCUT2D eigenvalue weighted by Gasteiger charge is 2.35. The highest BCUT2D eigenvalue weighted by Crippen LogP contribution is 2.32. The zero-order valence-electron chi connectivity index (χ0n) is 21.4. The first kappa shape index (κ1) is 28.8. The van der Waals surface area contributed by atoms with Gasteiger partial charge in [-0.2, -0.15) is 8.61 Å². The zero-order valence-corrected chi connectivity index (χ0v) is 23.8. The number of nitrogens with zero attached hydrogens (tertiary/aromatic N) is 2. The van der Waals surface area contributed by atoms with Crippen molar-refractivity contribution in [2.45, 2.75) is 48.8 Å². The average Bonchev–Trinajstić information content (AvgIpc) is 3.46. The normalized spacial score (nSPS) is 19.4. The fourth-order valence-corrected chi connectivity index (χ4v) is 8.29. The fourth-order valence-electron chi connectivity index (χ4n) is 4.85. The minimum atomic E-state index is -3.90. The van der Waals surface area contributed by atoms with Crippen LogP contribution in [-0.2, 0) is 31.3 Å². The second-order valence-corrected chi connectivity index (χ2v) is 13.8. The van der Waals surface area contributed by atoms with E-state index in [2.05, 4.69) is 5.32 Å². The summed E-state index contributed by atoms with van der Waals surface area (Å²) in [5, 5.41) is 3.20. The Kier molecular flexibility index (Phi) is 9.36. The van der Waals surface area contributed by atoms with E-state index < -0.39 is 26.0 Å². The molecule has 12 heteroatoms. The van der Waals surface area contributed by atoms with Gasteiger partial charge in [-0.3, -0.25) is 4.79 Å². The summed E-state index contributed by atoms with van der Waals surface area (Å²) >= 11 is 6.07. The molecule has 0 aliphatic carbocycles. The molecule has 0 saturated carbocycles. The molecule has 0 bridgehead atoms. The fraction of sp³-hybridized carbons (Fsp3) is 0.500. The first-order valence-electron chi connectivity index (χ1n) is 12.9. The van der Waals surface area contributed by atoms with Crippen LogP contribution in [0.1, 0.15) is 38.2 Å². The lowest BCUT2D eigenvalue weighted by Gasteiger charge is -2.31. The van der Waals surface area contributed by atoms with E-state index in [4.69, 9.17) is 16.3 Å². The molecule has 2 aliphatic rings. The minimum Gasteiger partial charge on any atom is -0.492 e. The van der Waals surface area contributed by atoms with E-state index in [-0.39, 0.29) is 28.0 Å². The maximum Gasteiger partial charge on any atom is 0.246 e. The van der Waals surface area contributed by atoms with E-state index in [1.165, 1.54) is 14.7 Å². The Morgan fingerprint density at radius 3 is 2.34 bits per heavy atom. The van der Waals surface area contributed by atoms with Crippen molar-refractivity contribution >= 4 is 37.6 Å². The van der Waals surface area contributed by atoms with Crippen molar-refractivity contribution in [2.24, 2.45) is 5.92 Å². The number of rotatable bonds is 10. The molecule has 1 N–H and O–H groups in total. The number of halogens is 1. The first-order valence-corrected chi connectivity index (χ1v) is 16.2. The third-order valence-electron chi connectivity index (χ3n) is 6.92. The Morgan fingerprint density at radius 1 is 0.974 bits per heavy atom. The van der Waals surface area contributed by atoms with Gasteiger partial charge in [0.25, 0.3) is 0 Å². The largest absolute Gasteiger partial charge is 0.492 e. The average molecular weight is 584 g/mol. The number of sulfonamides is 2. The Morgan fingerprint density at radius 2 is 1.66 bits per heavy atom. The summed E-state index contributed by atoms with van der Waals surface area (Å²) in [5.74, 6) is -0.432. The van der Waals surface area contributed by atoms with Gasteiger partial charge in [0.15, 0.2) is 0 Å². The molecule has 2 saturated heterocycles. The van der Waals surface area contributed by atoms with Crippen molar-refractivity contribution in [2.75, 3.05) is 39.3 Å². The number of benzene rings is 2. The first-order chi connectivity index (χ1) is 18.1. The van der Waals surface area contributed by atoms with Gasteiger partial charge in [-0.1, -0.05) is 23.7 Å². The quantitative estimate of drug-likeness (QED) is 0.459. The molecule has 1 amide bonds. The smallest absolute Gasteiger partial charge is 0.246 e. The lowest BCUT2D eigenvalue weighted by Crippen LogP contribution is -2.45. The summed E-state index contributed by atoms with van der Waals surface area (Å²) in [6.07, 6.45) is 3.46. The molecule has 0 aromatic heterocycles. The third kappa shape index (κ3) is 6.51. The van der Waals surface area contributed by atoms with Gasteiger partial charge in [-0.15, -0.1) is 0 Å². The van der Waals surface area contributed by atoms with E-state index in [1.807, 2.05) is 0 Å². The van der Waals surface area contributed by atoms with Crippen LogP contribution in [0.3, 0.4) is 0 Å². The number of amides is 1. The Labute approximate surface area is 230 Å². The van der Waals surface area contributed by atoms with E-state index >= 15 is 0 Å². The number of piperidine rings is 1. The van der Waals surface area contributed by atoms with Gasteiger partial charge in [0.2, 0.25) is 26.0 Å². The van der Waals surface area contributed by atoms with Crippen molar-refractivity contribution in [1.82, 2.24) is 13.9 Å². The molecule has 2 aliphatic heterocycles. The van der Waals surface area contributed by atoms with Gasteiger partial charge < -0.3 is 10.1 Å². The van der Waals surface area contributed by atoms with Crippen molar-refractivity contribution in [1.29, 1.82) is 0 Å². The van der Waals surface area contributed by atoms with Crippen molar-refractivity contribution in [3.8, 4) is 5.75 Å². The van der Waals surface area contributed by atoms with Crippen LogP contribution in [0.25, 0.3) is 0 Å². The standard InChI is InChI=1S/C26H34ClN3O6S2/c1-2-36-24-12-9-22(27)18-25(24)38(34,35)30-17-5-6-21(19-30)26(31)28-14-13-20-7-10-23(11-8-20)37(32,33)29-15-3-4-16-29/h7-12,18,21H,2-6,13-17,19H2,1H3,(H,28,31). The van der Waals surface area contributed by atoms with Crippen LogP contribution >= 0.6 is 11.6 Å². The maximum atomic E-state index is 13.4. The Bertz CT molecular complexity index is 1340. The number of carbonyl (C=O) groups excluding carboxylic acids is 1. The van der Waals surface area contributed by atoms with Crippen molar-refractivity contribution < 1.29 is 26.4 Å². The van der Waals surface area contributed by atoms with Crippen LogP contribution in [0.2, 0.25) is 5.02 Å². The highest BCUT2D eigenvalue weighted by atomic mass is 35.5. The predicted molar refractivity (Wildman–Crippen MR) is 145 cm³/mol. The van der Waals surface area contributed by atoms with Crippen LogP contribution < -0.4 is 10.1 Å². The third-order valence-corrected chi connectivity index (χ3v) is 11.0. The topological polar surface area (TPSA) is 113 Å². The second kappa shape index (κ2) is 12.3. The van der Waals surface area contributed by atoms with Gasteiger partial charge in [0, 0.05) is 37.7 Å². The monoisotopic (exact) mass is 583 g/mol. The van der Waals surface area contributed by atoms with Gasteiger partial charge >= 0.3 is 0 Å². The zero-order chi connectivity index (χ0) is 27.3. The summed E-state index contributed by atoms with van der Waals surface area (Å²) in [6, 6.07) is 11.3. The summed E-state index contributed by atoms with van der Waals surface area (Å²) < 4.78 is 60.5. The lowest BCUT2D eigenvalue weighted by atomic mass is 9.99. The molecule has 4 rings (SSSR count). The molecule has 0 spiro atoms. The predicted octanol–water partition coefficient (Wildman–Crippen LogP) is 3.28. The van der Waals surface area contributed by atoms with Crippen LogP contribution in [-0.4, -0.2) is 70.7 Å². The Hall–Kier alpha value is -2.18. The van der Waals surface area contributed by atoms with E-state index in [9.17, 15) is 21.6 Å². The number of hydrogen-bond acceptors (Lipinski definition) is 6. The second-order valence-electron chi connectivity index (χ2n) is 9.52. The van der Waals surface area contributed by atoms with E-state index in [1.54, 1.807) is 43.3 Å². The molecule has 2 fully saturated rings. The number of ether oxygens (including phenoxy) is 1. The van der Waals surface area contributed by atoms with Crippen molar-refractivity contribution in [3.05, 3.63) is 53.1 Å². The lowest BCUT2D eigenvalue weighted by molar-refractivity contribution is -0.126. The molecule has 2 aromatic carbocycles. The molecule has 2 heterocycles. The van der Waals surface area contributed by atoms with Crippen LogP contribution in [0.5, 0.6) is 5.75 Å². The molecule has 1 unspecified atom stereocenters. The molecule has 0 radical (unpaired) electrons. The van der Waals surface area contributed by atoms with Crippen LogP contribution in [0.4, 0.5) is 0 Å². The molecule has 2 aromatic rings. The summed E-state index contributed by atoms with van der Waals surface area (Å²) in [4.78, 5) is 13.2. The highest BCUT2D eigenvalue weighted by molar-refractivity contribution is 7.89. The van der Waals surface area contributed by atoms with Crippen LogP contribution in [0, 0.1) is 5.92 Å². The molecule has 1 atom stereocenters. The van der Waals surface area contributed by atoms with Crippen LogP contribution in [0.15, 0.2) is 52.3 Å². The Balaban J connectivity index is 1.33. The summed E-state index contributed by atoms with van der Waals surface area (Å²) in [7, 11) is -7.35.